The number of nitrogens with zero attached hydrogens (tertiary/aromatic N) is 2. The molecule has 0 atom stereocenters. The number of rotatable bonds is 5. The van der Waals surface area contributed by atoms with Gasteiger partial charge in [-0.15, -0.1) is 0 Å². The van der Waals surface area contributed by atoms with Gasteiger partial charge in [0, 0.05) is 18.3 Å². The van der Waals surface area contributed by atoms with Crippen LogP contribution in [0, 0.1) is 0 Å². The maximum Gasteiger partial charge on any atom is 0.128 e. The van der Waals surface area contributed by atoms with E-state index in [-0.39, 0.29) is 0 Å². The molecule has 2 heterocycles. The van der Waals surface area contributed by atoms with E-state index in [1.807, 2.05) is 24.3 Å². The molecule has 0 aliphatic carbocycles. The zero-order valence-corrected chi connectivity index (χ0v) is 11.0. The molecular weight excluding hydrogens is 246 g/mol. The van der Waals surface area contributed by atoms with Gasteiger partial charge < -0.3 is 15.1 Å². The molecule has 94 valence electrons. The van der Waals surface area contributed by atoms with E-state index >= 15 is 0 Å². The van der Waals surface area contributed by atoms with Crippen molar-refractivity contribution in [3.63, 3.8) is 0 Å². The highest BCUT2D eigenvalue weighted by molar-refractivity contribution is 7.80. The van der Waals surface area contributed by atoms with Crippen LogP contribution in [-0.2, 0) is 6.54 Å². The molecule has 4 nitrogen and oxygen atoms in total. The van der Waals surface area contributed by atoms with Crippen LogP contribution < -0.4 is 10.6 Å². The summed E-state index contributed by atoms with van der Waals surface area (Å²) in [5, 5.41) is 0. The number of pyridine rings is 1. The summed E-state index contributed by atoms with van der Waals surface area (Å²) in [6.45, 7) is 3.62. The van der Waals surface area contributed by atoms with Gasteiger partial charge in [-0.25, -0.2) is 4.98 Å². The second-order valence-corrected chi connectivity index (χ2v) is 4.30. The molecule has 0 saturated carbocycles. The van der Waals surface area contributed by atoms with E-state index in [1.165, 1.54) is 0 Å². The largest absolute Gasteiger partial charge is 0.467 e. The molecule has 0 saturated heterocycles. The summed E-state index contributed by atoms with van der Waals surface area (Å²) in [5.41, 5.74) is 6.33. The van der Waals surface area contributed by atoms with Crippen LogP contribution in [0.1, 0.15) is 18.2 Å². The van der Waals surface area contributed by atoms with E-state index in [4.69, 9.17) is 22.4 Å². The Kier molecular flexibility index (Phi) is 3.94. The maximum absolute atomic E-state index is 5.54. The van der Waals surface area contributed by atoms with Gasteiger partial charge in [-0.05, 0) is 31.2 Å². The van der Waals surface area contributed by atoms with Gasteiger partial charge in [0.2, 0.25) is 0 Å². The first-order chi connectivity index (χ1) is 8.70. The number of thiocarbonyl (C=S) groups is 1. The average Bonchev–Trinajstić information content (AvgIpc) is 2.89. The Balaban J connectivity index is 2.14. The van der Waals surface area contributed by atoms with Crippen LogP contribution in [0.3, 0.4) is 0 Å². The van der Waals surface area contributed by atoms with Gasteiger partial charge in [0.25, 0.3) is 0 Å². The van der Waals surface area contributed by atoms with Gasteiger partial charge in [0.05, 0.1) is 12.8 Å². The van der Waals surface area contributed by atoms with Crippen molar-refractivity contribution in [2.75, 3.05) is 11.4 Å². The van der Waals surface area contributed by atoms with Crippen LogP contribution in [0.25, 0.3) is 0 Å². The van der Waals surface area contributed by atoms with E-state index in [0.29, 0.717) is 11.5 Å². The first kappa shape index (κ1) is 12.6. The van der Waals surface area contributed by atoms with Crippen LogP contribution in [-0.4, -0.2) is 16.5 Å². The second kappa shape index (κ2) is 5.64. The third-order valence-corrected chi connectivity index (χ3v) is 2.90. The number of hydrogen-bond donors (Lipinski definition) is 1. The van der Waals surface area contributed by atoms with Crippen molar-refractivity contribution < 1.29 is 4.42 Å². The van der Waals surface area contributed by atoms with Gasteiger partial charge in [-0.1, -0.05) is 12.2 Å². The fraction of sp³-hybridized carbons (Fsp3) is 0.231. The lowest BCUT2D eigenvalue weighted by Crippen LogP contribution is -2.23. The molecule has 0 spiro atoms. The minimum Gasteiger partial charge on any atom is -0.467 e. The predicted octanol–water partition coefficient (Wildman–Crippen LogP) is 2.34. The van der Waals surface area contributed by atoms with Crippen LogP contribution in [0.2, 0.25) is 0 Å². The summed E-state index contributed by atoms with van der Waals surface area (Å²) in [7, 11) is 0. The Morgan fingerprint density at radius 1 is 1.44 bits per heavy atom. The number of aromatic nitrogens is 1. The molecule has 0 radical (unpaired) electrons. The summed E-state index contributed by atoms with van der Waals surface area (Å²) < 4.78 is 5.34. The zero-order valence-electron chi connectivity index (χ0n) is 10.2. The number of hydrogen-bond acceptors (Lipinski definition) is 4. The smallest absolute Gasteiger partial charge is 0.128 e. The number of anilines is 1. The van der Waals surface area contributed by atoms with Crippen molar-refractivity contribution in [2.24, 2.45) is 5.73 Å². The first-order valence-electron chi connectivity index (χ1n) is 5.74. The fourth-order valence-electron chi connectivity index (χ4n) is 1.66. The quantitative estimate of drug-likeness (QED) is 0.837. The summed E-state index contributed by atoms with van der Waals surface area (Å²) in [4.78, 5) is 6.85. The Bertz CT molecular complexity index is 508. The van der Waals surface area contributed by atoms with Crippen molar-refractivity contribution in [1.82, 2.24) is 4.98 Å². The normalized spacial score (nSPS) is 10.3. The van der Waals surface area contributed by atoms with Gasteiger partial charge in [-0.3, -0.25) is 0 Å². The Labute approximate surface area is 111 Å². The van der Waals surface area contributed by atoms with Crippen LogP contribution in [0.15, 0.2) is 41.1 Å². The molecule has 0 aliphatic heterocycles. The van der Waals surface area contributed by atoms with Crippen molar-refractivity contribution in [2.45, 2.75) is 13.5 Å². The van der Waals surface area contributed by atoms with Gasteiger partial charge >= 0.3 is 0 Å². The fourth-order valence-corrected chi connectivity index (χ4v) is 1.79. The molecule has 0 aliphatic rings. The highest BCUT2D eigenvalue weighted by Crippen LogP contribution is 2.15. The van der Waals surface area contributed by atoms with Crippen molar-refractivity contribution in [1.29, 1.82) is 0 Å². The van der Waals surface area contributed by atoms with Gasteiger partial charge in [0.15, 0.2) is 0 Å². The Hall–Kier alpha value is -1.88. The zero-order chi connectivity index (χ0) is 13.0. The predicted molar refractivity (Wildman–Crippen MR) is 75.6 cm³/mol. The maximum atomic E-state index is 5.54. The van der Waals surface area contributed by atoms with Gasteiger partial charge in [0.1, 0.15) is 16.6 Å². The van der Waals surface area contributed by atoms with Crippen LogP contribution in [0.4, 0.5) is 5.82 Å². The molecule has 2 rings (SSSR count). The summed E-state index contributed by atoms with van der Waals surface area (Å²) >= 11 is 4.90. The molecule has 0 aromatic carbocycles. The molecule has 0 bridgehead atoms. The third-order valence-electron chi connectivity index (χ3n) is 2.66. The van der Waals surface area contributed by atoms with E-state index in [9.17, 15) is 0 Å². The topological polar surface area (TPSA) is 55.3 Å². The molecule has 2 aromatic rings. The Morgan fingerprint density at radius 3 is 2.78 bits per heavy atom. The molecule has 2 N–H and O–H groups in total. The van der Waals surface area contributed by atoms with E-state index < -0.39 is 0 Å². The van der Waals surface area contributed by atoms with Crippen LogP contribution >= 0.6 is 12.2 Å². The van der Waals surface area contributed by atoms with Crippen LogP contribution in [0.5, 0.6) is 0 Å². The first-order valence-corrected chi connectivity index (χ1v) is 6.14. The SMILES string of the molecule is CCN(Cc1ccco1)c1ccc(C(N)=S)cn1. The highest BCUT2D eigenvalue weighted by Gasteiger charge is 2.08. The van der Waals surface area contributed by atoms with E-state index in [2.05, 4.69) is 16.8 Å². The molecule has 18 heavy (non-hydrogen) atoms. The minimum atomic E-state index is 0.364. The lowest BCUT2D eigenvalue weighted by atomic mass is 10.2. The summed E-state index contributed by atoms with van der Waals surface area (Å²) in [5.74, 6) is 1.80. The minimum absolute atomic E-state index is 0.364. The summed E-state index contributed by atoms with van der Waals surface area (Å²) in [6.07, 6.45) is 3.37. The molecule has 5 heteroatoms. The van der Waals surface area contributed by atoms with Gasteiger partial charge in [-0.2, -0.15) is 0 Å². The highest BCUT2D eigenvalue weighted by atomic mass is 32.1. The van der Waals surface area contributed by atoms with E-state index in [0.717, 1.165) is 23.7 Å². The van der Waals surface area contributed by atoms with Crippen molar-refractivity contribution in [3.8, 4) is 0 Å². The van der Waals surface area contributed by atoms with E-state index in [1.54, 1.807) is 12.5 Å². The molecule has 2 aromatic heterocycles. The number of furan rings is 1. The average molecular weight is 261 g/mol. The molecule has 0 unspecified atom stereocenters. The third kappa shape index (κ3) is 2.87. The van der Waals surface area contributed by atoms with Crippen molar-refractivity contribution >= 4 is 23.0 Å². The summed E-state index contributed by atoms with van der Waals surface area (Å²) in [6, 6.07) is 7.63. The lowest BCUT2D eigenvalue weighted by Gasteiger charge is -2.20. The standard InChI is InChI=1S/C13H15N3OS/c1-2-16(9-11-4-3-7-17-11)12-6-5-10(8-15-12)13(14)18/h3-8H,2,9H2,1H3,(H2,14,18). The monoisotopic (exact) mass is 261 g/mol. The van der Waals surface area contributed by atoms with Crippen molar-refractivity contribution in [3.05, 3.63) is 48.0 Å². The second-order valence-electron chi connectivity index (χ2n) is 3.86. The number of nitrogens with two attached hydrogens (primary N) is 1. The lowest BCUT2D eigenvalue weighted by molar-refractivity contribution is 0.503. The molecular formula is C13H15N3OS. The molecule has 0 fully saturated rings. The Morgan fingerprint density at radius 2 is 2.28 bits per heavy atom. The molecule has 0 amide bonds.